The zero-order valence-electron chi connectivity index (χ0n) is 14.5. The fraction of sp³-hybridized carbons (Fsp3) is 0.250. The van der Waals surface area contributed by atoms with Crippen LogP contribution in [0.5, 0.6) is 0 Å². The monoisotopic (exact) mass is 381 g/mol. The summed E-state index contributed by atoms with van der Waals surface area (Å²) in [6.07, 6.45) is 2.37. The van der Waals surface area contributed by atoms with Gasteiger partial charge in [0, 0.05) is 16.6 Å². The average molecular weight is 382 g/mol. The van der Waals surface area contributed by atoms with Gasteiger partial charge in [-0.25, -0.2) is 4.39 Å². The SMILES string of the molecule is Fc1cccc2c1C(c1ccccc1Cl)=NCc1nnc(CNC3CC3)n1-2. The molecule has 1 aromatic heterocycles. The van der Waals surface area contributed by atoms with E-state index < -0.39 is 0 Å². The summed E-state index contributed by atoms with van der Waals surface area (Å²) >= 11 is 6.39. The van der Waals surface area contributed by atoms with Crippen LogP contribution < -0.4 is 5.32 Å². The van der Waals surface area contributed by atoms with Crippen molar-refractivity contribution < 1.29 is 4.39 Å². The summed E-state index contributed by atoms with van der Waals surface area (Å²) in [6.45, 7) is 0.903. The van der Waals surface area contributed by atoms with Crippen molar-refractivity contribution in [3.63, 3.8) is 0 Å². The van der Waals surface area contributed by atoms with Crippen molar-refractivity contribution in [2.24, 2.45) is 4.99 Å². The van der Waals surface area contributed by atoms with Gasteiger partial charge in [0.25, 0.3) is 0 Å². The third kappa shape index (κ3) is 2.95. The lowest BCUT2D eigenvalue weighted by Gasteiger charge is -2.15. The van der Waals surface area contributed by atoms with Gasteiger partial charge in [-0.15, -0.1) is 10.2 Å². The molecule has 1 N–H and O–H groups in total. The highest BCUT2D eigenvalue weighted by atomic mass is 35.5. The first-order valence-corrected chi connectivity index (χ1v) is 9.35. The third-order valence-electron chi connectivity index (χ3n) is 4.90. The topological polar surface area (TPSA) is 55.1 Å². The predicted octanol–water partition coefficient (Wildman–Crippen LogP) is 3.66. The average Bonchev–Trinajstić information content (AvgIpc) is 3.44. The summed E-state index contributed by atoms with van der Waals surface area (Å²) in [4.78, 5) is 4.67. The number of aliphatic imine (C=N–C) groups is 1. The Balaban J connectivity index is 1.67. The summed E-state index contributed by atoms with van der Waals surface area (Å²) in [5.41, 5.74) is 2.37. The number of nitrogens with one attached hydrogen (secondary N) is 1. The van der Waals surface area contributed by atoms with E-state index >= 15 is 0 Å². The van der Waals surface area contributed by atoms with Crippen molar-refractivity contribution >= 4 is 17.3 Å². The Morgan fingerprint density at radius 3 is 2.78 bits per heavy atom. The van der Waals surface area contributed by atoms with Crippen LogP contribution in [0.3, 0.4) is 0 Å². The van der Waals surface area contributed by atoms with Crippen molar-refractivity contribution in [3.05, 3.63) is 76.1 Å². The Morgan fingerprint density at radius 2 is 1.96 bits per heavy atom. The molecular weight excluding hydrogens is 365 g/mol. The van der Waals surface area contributed by atoms with Crippen LogP contribution in [0.25, 0.3) is 5.69 Å². The van der Waals surface area contributed by atoms with Gasteiger partial charge in [-0.3, -0.25) is 9.56 Å². The molecule has 0 bridgehead atoms. The summed E-state index contributed by atoms with van der Waals surface area (Å²) in [5, 5.41) is 12.6. The second-order valence-electron chi connectivity index (χ2n) is 6.80. The second-order valence-corrected chi connectivity index (χ2v) is 7.21. The molecule has 1 saturated carbocycles. The van der Waals surface area contributed by atoms with E-state index in [1.165, 1.54) is 18.9 Å². The molecule has 7 heteroatoms. The second kappa shape index (κ2) is 6.55. The number of halogens is 2. The van der Waals surface area contributed by atoms with Crippen LogP contribution in [-0.4, -0.2) is 26.5 Å². The molecule has 2 aliphatic rings. The molecule has 0 atom stereocenters. The number of rotatable bonds is 4. The van der Waals surface area contributed by atoms with Crippen LogP contribution in [0.1, 0.15) is 35.6 Å². The van der Waals surface area contributed by atoms with Gasteiger partial charge in [-0.2, -0.15) is 0 Å². The van der Waals surface area contributed by atoms with Gasteiger partial charge in [0.05, 0.1) is 23.5 Å². The molecule has 0 spiro atoms. The minimum absolute atomic E-state index is 0.311. The number of hydrogen-bond acceptors (Lipinski definition) is 4. The first-order valence-electron chi connectivity index (χ1n) is 8.97. The lowest BCUT2D eigenvalue weighted by Crippen LogP contribution is -2.20. The Kier molecular flexibility index (Phi) is 4.02. The molecule has 0 radical (unpaired) electrons. The number of hydrogen-bond donors (Lipinski definition) is 1. The molecule has 5 nitrogen and oxygen atoms in total. The third-order valence-corrected chi connectivity index (χ3v) is 5.23. The molecule has 1 aliphatic carbocycles. The molecule has 1 aliphatic heterocycles. The normalized spacial score (nSPS) is 15.7. The molecule has 3 aromatic rings. The first kappa shape index (κ1) is 16.6. The van der Waals surface area contributed by atoms with Crippen LogP contribution in [-0.2, 0) is 13.1 Å². The highest BCUT2D eigenvalue weighted by Gasteiger charge is 2.27. The maximum absolute atomic E-state index is 15.0. The van der Waals surface area contributed by atoms with Gasteiger partial charge >= 0.3 is 0 Å². The van der Waals surface area contributed by atoms with Gasteiger partial charge < -0.3 is 5.32 Å². The van der Waals surface area contributed by atoms with Crippen molar-refractivity contribution in [3.8, 4) is 5.69 Å². The van der Waals surface area contributed by atoms with Gasteiger partial charge in [0.15, 0.2) is 11.6 Å². The van der Waals surface area contributed by atoms with E-state index in [1.54, 1.807) is 12.1 Å². The van der Waals surface area contributed by atoms with E-state index in [0.717, 1.165) is 5.82 Å². The zero-order valence-corrected chi connectivity index (χ0v) is 15.2. The molecule has 136 valence electrons. The van der Waals surface area contributed by atoms with E-state index in [4.69, 9.17) is 11.6 Å². The smallest absolute Gasteiger partial charge is 0.159 e. The van der Waals surface area contributed by atoms with Gasteiger partial charge in [0.2, 0.25) is 0 Å². The fourth-order valence-corrected chi connectivity index (χ4v) is 3.63. The van der Waals surface area contributed by atoms with Crippen molar-refractivity contribution in [2.75, 3.05) is 0 Å². The maximum Gasteiger partial charge on any atom is 0.159 e. The quantitative estimate of drug-likeness (QED) is 0.750. The molecule has 1 fully saturated rings. The summed E-state index contributed by atoms with van der Waals surface area (Å²) in [7, 11) is 0. The van der Waals surface area contributed by atoms with Gasteiger partial charge in [-0.1, -0.05) is 35.9 Å². The number of nitrogens with zero attached hydrogens (tertiary/aromatic N) is 4. The largest absolute Gasteiger partial charge is 0.307 e. The van der Waals surface area contributed by atoms with Crippen LogP contribution in [0.4, 0.5) is 4.39 Å². The number of benzene rings is 2. The highest BCUT2D eigenvalue weighted by molar-refractivity contribution is 6.35. The summed E-state index contributed by atoms with van der Waals surface area (Å²) in [6, 6.07) is 12.9. The van der Waals surface area contributed by atoms with Crippen LogP contribution in [0, 0.1) is 5.82 Å². The van der Waals surface area contributed by atoms with Gasteiger partial charge in [-0.05, 0) is 31.0 Å². The van der Waals surface area contributed by atoms with E-state index in [2.05, 4.69) is 20.5 Å². The Bertz CT molecular complexity index is 1050. The molecule has 0 saturated heterocycles. The summed E-state index contributed by atoms with van der Waals surface area (Å²) < 4.78 is 16.9. The van der Waals surface area contributed by atoms with Crippen LogP contribution >= 0.6 is 11.6 Å². The Labute approximate surface area is 160 Å². The molecule has 2 aromatic carbocycles. The van der Waals surface area contributed by atoms with Crippen molar-refractivity contribution in [1.82, 2.24) is 20.1 Å². The molecule has 0 unspecified atom stereocenters. The first-order chi connectivity index (χ1) is 13.2. The minimum atomic E-state index is -0.339. The number of fused-ring (bicyclic) bond motifs is 3. The van der Waals surface area contributed by atoms with Crippen LogP contribution in [0.2, 0.25) is 5.02 Å². The van der Waals surface area contributed by atoms with E-state index in [0.29, 0.717) is 52.5 Å². The predicted molar refractivity (Wildman–Crippen MR) is 102 cm³/mol. The minimum Gasteiger partial charge on any atom is -0.307 e. The van der Waals surface area contributed by atoms with Crippen molar-refractivity contribution in [2.45, 2.75) is 32.0 Å². The number of aromatic nitrogens is 3. The van der Waals surface area contributed by atoms with Crippen molar-refractivity contribution in [1.29, 1.82) is 0 Å². The lowest BCUT2D eigenvalue weighted by molar-refractivity contribution is 0.620. The maximum atomic E-state index is 15.0. The highest BCUT2D eigenvalue weighted by Crippen LogP contribution is 2.30. The molecule has 0 amide bonds. The zero-order chi connectivity index (χ0) is 18.4. The van der Waals surface area contributed by atoms with E-state index in [-0.39, 0.29) is 5.82 Å². The van der Waals surface area contributed by atoms with Gasteiger partial charge in [0.1, 0.15) is 12.4 Å². The Morgan fingerprint density at radius 1 is 1.11 bits per heavy atom. The molecule has 5 rings (SSSR count). The van der Waals surface area contributed by atoms with E-state index in [9.17, 15) is 4.39 Å². The lowest BCUT2D eigenvalue weighted by atomic mass is 9.99. The van der Waals surface area contributed by atoms with E-state index in [1.807, 2.05) is 28.8 Å². The fourth-order valence-electron chi connectivity index (χ4n) is 3.41. The molecule has 2 heterocycles. The van der Waals surface area contributed by atoms with Crippen LogP contribution in [0.15, 0.2) is 47.5 Å². The standard InChI is InChI=1S/C20H17ClFN5/c21-14-5-2-1-4-13(14)20-19-15(22)6-3-7-16(19)27-17(10-23-12-8-9-12)25-26-18(27)11-24-20/h1-7,12,23H,8-11H2. The Hall–Kier alpha value is -2.57. The molecular formula is C20H17ClFN5. The summed E-state index contributed by atoms with van der Waals surface area (Å²) in [5.74, 6) is 1.12. The molecule has 27 heavy (non-hydrogen) atoms.